The topological polar surface area (TPSA) is 69.6 Å². The van der Waals surface area contributed by atoms with Crippen LogP contribution in [0, 0.1) is 5.92 Å². The molecule has 1 fully saturated rings. The first-order chi connectivity index (χ1) is 9.83. The number of nitrogens with two attached hydrogens (primary N) is 1. The molecule has 0 atom stereocenters. The lowest BCUT2D eigenvalue weighted by atomic mass is 10.0. The highest BCUT2D eigenvalue weighted by molar-refractivity contribution is 5.60. The fraction of sp³-hybridized carbons (Fsp3) is 0.533. The van der Waals surface area contributed by atoms with E-state index in [0.29, 0.717) is 0 Å². The van der Waals surface area contributed by atoms with Gasteiger partial charge in [-0.1, -0.05) is 37.8 Å². The van der Waals surface area contributed by atoms with Crippen LogP contribution in [0.5, 0.6) is 0 Å². The third-order valence-corrected chi connectivity index (χ3v) is 4.13. The van der Waals surface area contributed by atoms with Crippen LogP contribution in [-0.2, 0) is 6.54 Å². The average Bonchev–Trinajstić information content (AvgIpc) is 3.10. The molecule has 0 radical (unpaired) electrons. The normalized spacial score (nSPS) is 15.8. The Labute approximate surface area is 119 Å². The summed E-state index contributed by atoms with van der Waals surface area (Å²) in [5, 5.41) is 12.0. The molecule has 2 N–H and O–H groups in total. The lowest BCUT2D eigenvalue weighted by Gasteiger charge is -2.09. The summed E-state index contributed by atoms with van der Waals surface area (Å²) in [5.74, 6) is 1.73. The van der Waals surface area contributed by atoms with E-state index in [4.69, 9.17) is 5.73 Å². The first-order valence-corrected chi connectivity index (χ1v) is 7.45. The number of tetrazole rings is 1. The minimum Gasteiger partial charge on any atom is -0.399 e. The molecule has 0 spiro atoms. The predicted octanol–water partition coefficient (Wildman–Crippen LogP) is 2.89. The van der Waals surface area contributed by atoms with Crippen molar-refractivity contribution in [3.8, 4) is 11.4 Å². The minimum absolute atomic E-state index is 0.739. The van der Waals surface area contributed by atoms with E-state index in [1.807, 2.05) is 28.9 Å². The van der Waals surface area contributed by atoms with E-state index in [1.54, 1.807) is 0 Å². The standard InChI is InChI=1S/C15H21N5/c16-14-9-3-8-13(11-14)15-17-18-19-20(15)10-4-7-12-5-1-2-6-12/h3,8-9,11-12H,1-2,4-7,10,16H2. The molecule has 0 bridgehead atoms. The summed E-state index contributed by atoms with van der Waals surface area (Å²) in [7, 11) is 0. The summed E-state index contributed by atoms with van der Waals surface area (Å²) < 4.78 is 1.89. The number of anilines is 1. The SMILES string of the molecule is Nc1cccc(-c2nnnn2CCCC2CCCC2)c1. The summed E-state index contributed by atoms with van der Waals surface area (Å²) in [5.41, 5.74) is 7.54. The van der Waals surface area contributed by atoms with Gasteiger partial charge in [0.05, 0.1) is 0 Å². The molecule has 1 aliphatic carbocycles. The number of hydrogen-bond acceptors (Lipinski definition) is 4. The van der Waals surface area contributed by atoms with Crippen LogP contribution in [0.3, 0.4) is 0 Å². The van der Waals surface area contributed by atoms with Crippen LogP contribution in [0.25, 0.3) is 11.4 Å². The van der Waals surface area contributed by atoms with Crippen molar-refractivity contribution >= 4 is 5.69 Å². The van der Waals surface area contributed by atoms with Crippen LogP contribution in [0.1, 0.15) is 38.5 Å². The van der Waals surface area contributed by atoms with Gasteiger partial charge in [-0.2, -0.15) is 0 Å². The van der Waals surface area contributed by atoms with Gasteiger partial charge >= 0.3 is 0 Å². The summed E-state index contributed by atoms with van der Waals surface area (Å²) in [6.07, 6.45) is 8.05. The second-order valence-electron chi connectivity index (χ2n) is 5.64. The number of rotatable bonds is 5. The summed E-state index contributed by atoms with van der Waals surface area (Å²) >= 11 is 0. The zero-order valence-corrected chi connectivity index (χ0v) is 11.7. The third kappa shape index (κ3) is 2.98. The molecule has 5 nitrogen and oxygen atoms in total. The van der Waals surface area contributed by atoms with Crippen molar-refractivity contribution in [2.75, 3.05) is 5.73 Å². The van der Waals surface area contributed by atoms with Crippen molar-refractivity contribution in [1.29, 1.82) is 0 Å². The van der Waals surface area contributed by atoms with Crippen LogP contribution in [-0.4, -0.2) is 20.2 Å². The zero-order valence-electron chi connectivity index (χ0n) is 11.7. The molecule has 5 heteroatoms. The van der Waals surface area contributed by atoms with Crippen molar-refractivity contribution in [1.82, 2.24) is 20.2 Å². The van der Waals surface area contributed by atoms with E-state index in [9.17, 15) is 0 Å². The van der Waals surface area contributed by atoms with Crippen LogP contribution in [0.4, 0.5) is 5.69 Å². The van der Waals surface area contributed by atoms with Crippen molar-refractivity contribution in [2.24, 2.45) is 5.92 Å². The average molecular weight is 271 g/mol. The first kappa shape index (κ1) is 13.1. The highest BCUT2D eigenvalue weighted by Crippen LogP contribution is 2.28. The molecule has 1 saturated carbocycles. The Bertz CT molecular complexity index is 557. The van der Waals surface area contributed by atoms with Gasteiger partial charge in [-0.05, 0) is 41.3 Å². The van der Waals surface area contributed by atoms with Crippen molar-refractivity contribution in [3.05, 3.63) is 24.3 Å². The molecule has 20 heavy (non-hydrogen) atoms. The van der Waals surface area contributed by atoms with Crippen molar-refractivity contribution < 1.29 is 0 Å². The monoisotopic (exact) mass is 271 g/mol. The van der Waals surface area contributed by atoms with E-state index in [1.165, 1.54) is 32.1 Å². The Morgan fingerprint density at radius 3 is 2.90 bits per heavy atom. The van der Waals surface area contributed by atoms with Gasteiger partial charge in [-0.25, -0.2) is 4.68 Å². The lowest BCUT2D eigenvalue weighted by molar-refractivity contribution is 0.444. The number of aromatic nitrogens is 4. The van der Waals surface area contributed by atoms with E-state index in [-0.39, 0.29) is 0 Å². The van der Waals surface area contributed by atoms with Crippen LogP contribution < -0.4 is 5.73 Å². The first-order valence-electron chi connectivity index (χ1n) is 7.45. The van der Waals surface area contributed by atoms with Crippen LogP contribution in [0.2, 0.25) is 0 Å². The zero-order chi connectivity index (χ0) is 13.8. The quantitative estimate of drug-likeness (QED) is 0.849. The van der Waals surface area contributed by atoms with E-state index in [0.717, 1.165) is 36.0 Å². The van der Waals surface area contributed by atoms with Gasteiger partial charge in [0, 0.05) is 17.8 Å². The summed E-state index contributed by atoms with van der Waals surface area (Å²) in [6.45, 7) is 0.883. The molecule has 1 heterocycles. The Morgan fingerprint density at radius 2 is 2.10 bits per heavy atom. The molecule has 2 aromatic rings. The number of aryl methyl sites for hydroxylation is 1. The highest BCUT2D eigenvalue weighted by atomic mass is 15.5. The van der Waals surface area contributed by atoms with Crippen molar-refractivity contribution in [2.45, 2.75) is 45.1 Å². The van der Waals surface area contributed by atoms with E-state index < -0.39 is 0 Å². The molecular formula is C15H21N5. The fourth-order valence-electron chi connectivity index (χ4n) is 3.07. The van der Waals surface area contributed by atoms with Crippen molar-refractivity contribution in [3.63, 3.8) is 0 Å². The molecule has 0 saturated heterocycles. The molecule has 3 rings (SSSR count). The molecule has 1 aromatic carbocycles. The number of nitrogen functional groups attached to an aromatic ring is 1. The van der Waals surface area contributed by atoms with Crippen LogP contribution in [0.15, 0.2) is 24.3 Å². The maximum absolute atomic E-state index is 5.82. The second-order valence-corrected chi connectivity index (χ2v) is 5.64. The summed E-state index contributed by atoms with van der Waals surface area (Å²) in [4.78, 5) is 0. The van der Waals surface area contributed by atoms with Gasteiger partial charge in [0.15, 0.2) is 5.82 Å². The van der Waals surface area contributed by atoms with Gasteiger partial charge in [-0.3, -0.25) is 0 Å². The second kappa shape index (κ2) is 6.03. The maximum Gasteiger partial charge on any atom is 0.182 e. The van der Waals surface area contributed by atoms with Gasteiger partial charge in [0.25, 0.3) is 0 Å². The molecule has 106 valence electrons. The summed E-state index contributed by atoms with van der Waals surface area (Å²) in [6, 6.07) is 7.72. The molecule has 0 aliphatic heterocycles. The minimum atomic E-state index is 0.739. The molecule has 1 aromatic heterocycles. The van der Waals surface area contributed by atoms with E-state index >= 15 is 0 Å². The van der Waals surface area contributed by atoms with Gasteiger partial charge < -0.3 is 5.73 Å². The molecule has 1 aliphatic rings. The Morgan fingerprint density at radius 1 is 1.25 bits per heavy atom. The van der Waals surface area contributed by atoms with Gasteiger partial charge in [-0.15, -0.1) is 5.10 Å². The Kier molecular flexibility index (Phi) is 3.95. The number of benzene rings is 1. The third-order valence-electron chi connectivity index (χ3n) is 4.13. The largest absolute Gasteiger partial charge is 0.399 e. The fourth-order valence-corrected chi connectivity index (χ4v) is 3.07. The van der Waals surface area contributed by atoms with Gasteiger partial charge in [0.1, 0.15) is 0 Å². The number of hydrogen-bond donors (Lipinski definition) is 1. The lowest BCUT2D eigenvalue weighted by Crippen LogP contribution is -2.05. The van der Waals surface area contributed by atoms with Gasteiger partial charge in [0.2, 0.25) is 0 Å². The Balaban J connectivity index is 1.64. The predicted molar refractivity (Wildman–Crippen MR) is 78.9 cm³/mol. The molecule has 0 unspecified atom stereocenters. The van der Waals surface area contributed by atoms with Crippen LogP contribution >= 0.6 is 0 Å². The molecular weight excluding hydrogens is 250 g/mol. The maximum atomic E-state index is 5.82. The smallest absolute Gasteiger partial charge is 0.182 e. The Hall–Kier alpha value is -1.91. The highest BCUT2D eigenvalue weighted by Gasteiger charge is 2.15. The molecule has 0 amide bonds. The number of nitrogens with zero attached hydrogens (tertiary/aromatic N) is 4. The van der Waals surface area contributed by atoms with E-state index in [2.05, 4.69) is 15.5 Å².